The predicted octanol–water partition coefficient (Wildman–Crippen LogP) is -5.14. The van der Waals surface area contributed by atoms with E-state index in [1.807, 2.05) is 0 Å². The molecule has 0 heterocycles. The van der Waals surface area contributed by atoms with Crippen LogP contribution in [0, 0.1) is 0 Å². The second kappa shape index (κ2) is 2.82. The van der Waals surface area contributed by atoms with Gasteiger partial charge in [0, 0.05) is 0 Å². The monoisotopic (exact) mass is 279 g/mol. The molecule has 0 aliphatic heterocycles. The van der Waals surface area contributed by atoms with E-state index in [1.165, 1.54) is 0 Å². The van der Waals surface area contributed by atoms with E-state index in [0.29, 0.717) is 0 Å². The maximum absolute atomic E-state index is 8.58. The van der Waals surface area contributed by atoms with E-state index >= 15 is 0 Å². The summed E-state index contributed by atoms with van der Waals surface area (Å²) in [5.41, 5.74) is 0. The maximum Gasteiger partial charge on any atom is 4.00 e. The standard InChI is InChI=1S/O4Si.Re/c1-5(2,3)4;/q-4;+4. The Labute approximate surface area is 49.2 Å². The molecular weight excluding hydrogens is 278 g/mol. The van der Waals surface area contributed by atoms with Gasteiger partial charge in [-0.25, -0.2) is 0 Å². The molecule has 0 atom stereocenters. The molecule has 0 saturated carbocycles. The molecule has 35 valence electrons. The van der Waals surface area contributed by atoms with Crippen LogP contribution in [-0.4, -0.2) is 9.05 Å². The average molecular weight is 278 g/mol. The van der Waals surface area contributed by atoms with Crippen LogP contribution in [0.2, 0.25) is 0 Å². The SMILES string of the molecule is [O-][Si]([O-])([O-])[O-].[Re+4]. The van der Waals surface area contributed by atoms with Crippen molar-refractivity contribution < 1.29 is 39.6 Å². The van der Waals surface area contributed by atoms with Crippen LogP contribution in [0.5, 0.6) is 0 Å². The van der Waals surface area contributed by atoms with Crippen molar-refractivity contribution >= 4 is 9.05 Å². The second-order valence-electron chi connectivity index (χ2n) is 0.500. The molecule has 6 heteroatoms. The Kier molecular flexibility index (Phi) is 4.64. The van der Waals surface area contributed by atoms with Gasteiger partial charge in [0.15, 0.2) is 0 Å². The minimum absolute atomic E-state index is 0. The Morgan fingerprint density at radius 1 is 0.833 bits per heavy atom. The van der Waals surface area contributed by atoms with E-state index in [0.717, 1.165) is 0 Å². The van der Waals surface area contributed by atoms with Crippen LogP contribution in [-0.2, 0) is 20.4 Å². The van der Waals surface area contributed by atoms with Crippen LogP contribution in [0.3, 0.4) is 0 Å². The normalized spacial score (nSPS) is 10.0. The van der Waals surface area contributed by atoms with Crippen molar-refractivity contribution in [3.63, 3.8) is 0 Å². The summed E-state index contributed by atoms with van der Waals surface area (Å²) in [4.78, 5) is 34.3. The Morgan fingerprint density at radius 2 is 0.833 bits per heavy atom. The van der Waals surface area contributed by atoms with Crippen LogP contribution in [0.4, 0.5) is 0 Å². The summed E-state index contributed by atoms with van der Waals surface area (Å²) >= 11 is 0. The molecule has 0 amide bonds. The molecule has 0 rings (SSSR count). The summed E-state index contributed by atoms with van der Waals surface area (Å²) in [6.45, 7) is 0. The van der Waals surface area contributed by atoms with Crippen LogP contribution in [0.15, 0.2) is 0 Å². The summed E-state index contributed by atoms with van der Waals surface area (Å²) in [6.07, 6.45) is 0. The van der Waals surface area contributed by atoms with Crippen LogP contribution in [0.25, 0.3) is 0 Å². The first-order valence-corrected chi connectivity index (χ1v) is 2.45. The predicted molar refractivity (Wildman–Crippen MR) is 5.75 cm³/mol. The van der Waals surface area contributed by atoms with Gasteiger partial charge in [-0.05, 0) is 0 Å². The summed E-state index contributed by atoms with van der Waals surface area (Å²) in [5, 5.41) is 0. The van der Waals surface area contributed by atoms with Gasteiger partial charge in [-0.2, -0.15) is 0 Å². The molecular formula is O4ReSi. The topological polar surface area (TPSA) is 92.2 Å². The van der Waals surface area contributed by atoms with E-state index in [4.69, 9.17) is 19.2 Å². The molecule has 6 heavy (non-hydrogen) atoms. The maximum atomic E-state index is 8.58. The van der Waals surface area contributed by atoms with E-state index in [9.17, 15) is 0 Å². The van der Waals surface area contributed by atoms with Gasteiger partial charge in [-0.15, -0.1) is 0 Å². The zero-order valence-corrected chi connectivity index (χ0v) is 6.23. The van der Waals surface area contributed by atoms with Gasteiger partial charge in [-0.1, -0.05) is 0 Å². The fourth-order valence-corrected chi connectivity index (χ4v) is 0. The zero-order valence-electron chi connectivity index (χ0n) is 2.51. The van der Waals surface area contributed by atoms with Crippen LogP contribution >= 0.6 is 0 Å². The summed E-state index contributed by atoms with van der Waals surface area (Å²) in [5.74, 6) is 0. The molecule has 1 radical (unpaired) electrons. The van der Waals surface area contributed by atoms with E-state index < -0.39 is 9.05 Å². The van der Waals surface area contributed by atoms with Gasteiger partial charge in [0.05, 0.1) is 0 Å². The van der Waals surface area contributed by atoms with E-state index in [-0.39, 0.29) is 20.4 Å². The van der Waals surface area contributed by atoms with E-state index in [2.05, 4.69) is 0 Å². The molecule has 0 aromatic heterocycles. The Balaban J connectivity index is 0. The van der Waals surface area contributed by atoms with Crippen molar-refractivity contribution in [3.05, 3.63) is 0 Å². The van der Waals surface area contributed by atoms with Gasteiger partial charge in [0.25, 0.3) is 0 Å². The third-order valence-electron chi connectivity index (χ3n) is 0. The fraction of sp³-hybridized carbons (Fsp3) is 0. The quantitative estimate of drug-likeness (QED) is 0.414. The first kappa shape index (κ1) is 9.87. The Hall–Kier alpha value is 0.719. The van der Waals surface area contributed by atoms with Crippen molar-refractivity contribution in [2.45, 2.75) is 0 Å². The molecule has 0 aliphatic carbocycles. The number of hydrogen-bond acceptors (Lipinski definition) is 4. The zero-order chi connectivity index (χ0) is 4.50. The van der Waals surface area contributed by atoms with E-state index in [1.54, 1.807) is 0 Å². The minimum atomic E-state index is -5.61. The van der Waals surface area contributed by atoms with Crippen molar-refractivity contribution in [2.24, 2.45) is 0 Å². The van der Waals surface area contributed by atoms with Crippen molar-refractivity contribution in [1.82, 2.24) is 0 Å². The average Bonchev–Trinajstić information content (AvgIpc) is 0.722. The summed E-state index contributed by atoms with van der Waals surface area (Å²) in [7, 11) is -5.61. The summed E-state index contributed by atoms with van der Waals surface area (Å²) in [6, 6.07) is 0. The van der Waals surface area contributed by atoms with Gasteiger partial charge < -0.3 is 28.2 Å². The molecule has 0 N–H and O–H groups in total. The van der Waals surface area contributed by atoms with Gasteiger partial charge >= 0.3 is 20.4 Å². The molecule has 0 saturated heterocycles. The van der Waals surface area contributed by atoms with Gasteiger partial charge in [-0.3, -0.25) is 0 Å². The second-order valence-corrected chi connectivity index (χ2v) is 1.50. The molecule has 0 aliphatic rings. The third kappa shape index (κ3) is 126. The Bertz CT molecular complexity index is 23.0. The van der Waals surface area contributed by atoms with Crippen molar-refractivity contribution in [3.8, 4) is 0 Å². The van der Waals surface area contributed by atoms with Crippen molar-refractivity contribution in [1.29, 1.82) is 0 Å². The molecule has 0 bridgehead atoms. The first-order chi connectivity index (χ1) is 2.00. The minimum Gasteiger partial charge on any atom is -0.894 e. The number of rotatable bonds is 0. The molecule has 0 spiro atoms. The smallest absolute Gasteiger partial charge is 0.894 e. The number of hydrogen-bond donors (Lipinski definition) is 0. The third-order valence-corrected chi connectivity index (χ3v) is 0. The molecule has 4 nitrogen and oxygen atoms in total. The van der Waals surface area contributed by atoms with Gasteiger partial charge in [0.2, 0.25) is 0 Å². The Morgan fingerprint density at radius 3 is 0.833 bits per heavy atom. The summed E-state index contributed by atoms with van der Waals surface area (Å²) < 4.78 is 0. The van der Waals surface area contributed by atoms with Crippen molar-refractivity contribution in [2.75, 3.05) is 0 Å². The van der Waals surface area contributed by atoms with Crippen LogP contribution < -0.4 is 19.2 Å². The van der Waals surface area contributed by atoms with Gasteiger partial charge in [0.1, 0.15) is 0 Å². The molecule has 0 unspecified atom stereocenters. The molecule has 0 aromatic carbocycles. The largest absolute Gasteiger partial charge is 4.00 e. The fourth-order valence-electron chi connectivity index (χ4n) is 0. The molecule has 0 aromatic rings. The first-order valence-electron chi connectivity index (χ1n) is 0.816. The molecule has 0 fully saturated rings. The van der Waals surface area contributed by atoms with Crippen LogP contribution in [0.1, 0.15) is 0 Å².